The summed E-state index contributed by atoms with van der Waals surface area (Å²) in [5.74, 6) is -1.09. The summed E-state index contributed by atoms with van der Waals surface area (Å²) in [4.78, 5) is 26.3. The van der Waals surface area contributed by atoms with Crippen molar-refractivity contribution in [3.05, 3.63) is 0 Å². The summed E-state index contributed by atoms with van der Waals surface area (Å²) in [7, 11) is 3.44. The van der Waals surface area contributed by atoms with Crippen molar-refractivity contribution < 1.29 is 19.8 Å². The van der Waals surface area contributed by atoms with Gasteiger partial charge in [0.2, 0.25) is 5.91 Å². The highest BCUT2D eigenvalue weighted by atomic mass is 16.4. The molecule has 0 aromatic carbocycles. The highest BCUT2D eigenvalue weighted by Gasteiger charge is 2.37. The van der Waals surface area contributed by atoms with Crippen LogP contribution in [0.3, 0.4) is 0 Å². The first-order valence-electron chi connectivity index (χ1n) is 7.65. The molecule has 0 heterocycles. The van der Waals surface area contributed by atoms with E-state index in [1.807, 2.05) is 11.8 Å². The van der Waals surface area contributed by atoms with Crippen molar-refractivity contribution in [2.45, 2.75) is 44.6 Å². The van der Waals surface area contributed by atoms with Crippen LogP contribution >= 0.6 is 0 Å². The monoisotopic (exact) mass is 300 g/mol. The van der Waals surface area contributed by atoms with E-state index in [0.29, 0.717) is 38.8 Å². The number of hydrogen-bond donors (Lipinski definition) is 2. The summed E-state index contributed by atoms with van der Waals surface area (Å²) in [5, 5.41) is 19.7. The predicted octanol–water partition coefficient (Wildman–Crippen LogP) is 0.793. The van der Waals surface area contributed by atoms with E-state index in [4.69, 9.17) is 5.11 Å². The van der Waals surface area contributed by atoms with Crippen LogP contribution in [0.1, 0.15) is 39.0 Å². The second kappa shape index (κ2) is 7.75. The molecule has 1 aliphatic carbocycles. The van der Waals surface area contributed by atoms with Gasteiger partial charge >= 0.3 is 5.97 Å². The van der Waals surface area contributed by atoms with Gasteiger partial charge in [-0.15, -0.1) is 0 Å². The molecule has 1 rings (SSSR count). The first-order valence-corrected chi connectivity index (χ1v) is 7.65. The Hall–Kier alpha value is -1.14. The van der Waals surface area contributed by atoms with Crippen molar-refractivity contribution in [3.63, 3.8) is 0 Å². The van der Waals surface area contributed by atoms with E-state index < -0.39 is 11.6 Å². The van der Waals surface area contributed by atoms with Crippen LogP contribution in [0.4, 0.5) is 0 Å². The van der Waals surface area contributed by atoms with Crippen LogP contribution in [-0.2, 0) is 9.59 Å². The van der Waals surface area contributed by atoms with E-state index in [1.54, 1.807) is 19.0 Å². The number of nitrogens with zero attached hydrogens (tertiary/aromatic N) is 2. The van der Waals surface area contributed by atoms with Gasteiger partial charge in [0.05, 0.1) is 18.1 Å². The van der Waals surface area contributed by atoms with E-state index in [2.05, 4.69) is 0 Å². The molecule has 1 aliphatic rings. The number of carbonyl (C=O) groups is 2. The maximum Gasteiger partial charge on any atom is 0.306 e. The fourth-order valence-corrected chi connectivity index (χ4v) is 2.84. The highest BCUT2D eigenvalue weighted by Crippen LogP contribution is 2.33. The summed E-state index contributed by atoms with van der Waals surface area (Å²) >= 11 is 0. The molecule has 0 atom stereocenters. The van der Waals surface area contributed by atoms with Crippen LogP contribution in [0.15, 0.2) is 0 Å². The Morgan fingerprint density at radius 2 is 1.81 bits per heavy atom. The summed E-state index contributed by atoms with van der Waals surface area (Å²) in [6, 6.07) is 0. The smallest absolute Gasteiger partial charge is 0.306 e. The first kappa shape index (κ1) is 17.9. The lowest BCUT2D eigenvalue weighted by Gasteiger charge is -2.38. The fraction of sp³-hybridized carbons (Fsp3) is 0.867. The molecule has 0 unspecified atom stereocenters. The molecule has 0 radical (unpaired) electrons. The number of carbonyl (C=O) groups excluding carboxylic acids is 1. The van der Waals surface area contributed by atoms with Gasteiger partial charge in [-0.05, 0) is 38.6 Å². The minimum atomic E-state index is -0.867. The number of aliphatic hydroxyl groups is 1. The third-order valence-electron chi connectivity index (χ3n) is 4.18. The lowest BCUT2D eigenvalue weighted by atomic mass is 9.78. The van der Waals surface area contributed by atoms with E-state index in [1.165, 1.54) is 0 Å². The second-order valence-corrected chi connectivity index (χ2v) is 6.34. The lowest BCUT2D eigenvalue weighted by Crippen LogP contribution is -2.49. The Balaban J connectivity index is 2.58. The molecule has 6 nitrogen and oxygen atoms in total. The number of rotatable bonds is 7. The molecule has 6 heteroatoms. The van der Waals surface area contributed by atoms with E-state index >= 15 is 0 Å². The van der Waals surface area contributed by atoms with Crippen molar-refractivity contribution in [2.24, 2.45) is 5.92 Å². The zero-order valence-corrected chi connectivity index (χ0v) is 13.3. The van der Waals surface area contributed by atoms with Gasteiger partial charge in [0.1, 0.15) is 0 Å². The van der Waals surface area contributed by atoms with Crippen molar-refractivity contribution >= 4 is 11.9 Å². The minimum absolute atomic E-state index is 0.0197. The topological polar surface area (TPSA) is 81.1 Å². The van der Waals surface area contributed by atoms with Gasteiger partial charge in [0.25, 0.3) is 0 Å². The quantitative estimate of drug-likeness (QED) is 0.726. The van der Waals surface area contributed by atoms with Crippen molar-refractivity contribution in [3.8, 4) is 0 Å². The number of hydrogen-bond acceptors (Lipinski definition) is 4. The van der Waals surface area contributed by atoms with Gasteiger partial charge in [0.15, 0.2) is 0 Å². The Morgan fingerprint density at radius 3 is 2.24 bits per heavy atom. The Kier molecular flexibility index (Phi) is 6.61. The lowest BCUT2D eigenvalue weighted by molar-refractivity contribution is -0.145. The van der Waals surface area contributed by atoms with Gasteiger partial charge in [-0.2, -0.15) is 0 Å². The Bertz CT molecular complexity index is 363. The van der Waals surface area contributed by atoms with E-state index in [9.17, 15) is 14.7 Å². The van der Waals surface area contributed by atoms with Gasteiger partial charge < -0.3 is 15.1 Å². The summed E-state index contributed by atoms with van der Waals surface area (Å²) in [6.07, 6.45) is 2.90. The average molecular weight is 300 g/mol. The SMILES string of the molecule is CCCN(CC(=O)N(C)C)CC1(O)CCC(C(=O)O)CC1. The number of carboxylic acids is 1. The Morgan fingerprint density at radius 1 is 1.24 bits per heavy atom. The van der Waals surface area contributed by atoms with Gasteiger partial charge in [-0.1, -0.05) is 6.92 Å². The fourth-order valence-electron chi connectivity index (χ4n) is 2.84. The molecular formula is C15H28N2O4. The van der Waals surface area contributed by atoms with Gasteiger partial charge in [-0.25, -0.2) is 0 Å². The van der Waals surface area contributed by atoms with Crippen molar-refractivity contribution in [1.29, 1.82) is 0 Å². The zero-order chi connectivity index (χ0) is 16.0. The van der Waals surface area contributed by atoms with Crippen LogP contribution < -0.4 is 0 Å². The second-order valence-electron chi connectivity index (χ2n) is 6.34. The largest absolute Gasteiger partial charge is 0.481 e. The van der Waals surface area contributed by atoms with Crippen LogP contribution in [0.25, 0.3) is 0 Å². The summed E-state index contributed by atoms with van der Waals surface area (Å²) in [6.45, 7) is 3.53. The molecule has 0 aliphatic heterocycles. The number of aliphatic carboxylic acids is 1. The van der Waals surface area contributed by atoms with Crippen LogP contribution in [0, 0.1) is 5.92 Å². The highest BCUT2D eigenvalue weighted by molar-refractivity contribution is 5.77. The minimum Gasteiger partial charge on any atom is -0.481 e. The molecule has 21 heavy (non-hydrogen) atoms. The molecular weight excluding hydrogens is 272 g/mol. The van der Waals surface area contributed by atoms with Crippen LogP contribution in [0.2, 0.25) is 0 Å². The average Bonchev–Trinajstić information content (AvgIpc) is 2.38. The summed E-state index contributed by atoms with van der Waals surface area (Å²) in [5.41, 5.74) is -0.867. The molecule has 1 amide bonds. The van der Waals surface area contributed by atoms with Crippen molar-refractivity contribution in [1.82, 2.24) is 9.80 Å². The standard InChI is InChI=1S/C15H28N2O4/c1-4-9-17(10-13(18)16(2)3)11-15(21)7-5-12(6-8-15)14(19)20/h12,21H,4-11H2,1-3H3,(H,19,20). The number of likely N-dealkylation sites (N-methyl/N-ethyl adjacent to an activating group) is 1. The molecule has 0 saturated heterocycles. The van der Waals surface area contributed by atoms with Crippen molar-refractivity contribution in [2.75, 3.05) is 33.7 Å². The Labute approximate surface area is 126 Å². The molecule has 0 spiro atoms. The zero-order valence-electron chi connectivity index (χ0n) is 13.3. The maximum atomic E-state index is 11.8. The summed E-state index contributed by atoms with van der Waals surface area (Å²) < 4.78 is 0. The third kappa shape index (κ3) is 5.63. The molecule has 0 aromatic heterocycles. The number of carboxylic acid groups (broad SMARTS) is 1. The molecule has 1 fully saturated rings. The van der Waals surface area contributed by atoms with Crippen LogP contribution in [-0.4, -0.2) is 71.2 Å². The third-order valence-corrected chi connectivity index (χ3v) is 4.18. The van der Waals surface area contributed by atoms with Gasteiger partial charge in [0, 0.05) is 20.6 Å². The van der Waals surface area contributed by atoms with Gasteiger partial charge in [-0.3, -0.25) is 14.5 Å². The van der Waals surface area contributed by atoms with E-state index in [0.717, 1.165) is 13.0 Å². The maximum absolute atomic E-state index is 11.8. The van der Waals surface area contributed by atoms with Crippen LogP contribution in [0.5, 0.6) is 0 Å². The molecule has 0 bridgehead atoms. The molecule has 122 valence electrons. The molecule has 1 saturated carbocycles. The van der Waals surface area contributed by atoms with E-state index in [-0.39, 0.29) is 11.8 Å². The predicted molar refractivity (Wildman–Crippen MR) is 80.0 cm³/mol. The first-order chi connectivity index (χ1) is 9.77. The number of amides is 1. The molecule has 0 aromatic rings. The molecule has 2 N–H and O–H groups in total. The normalized spacial score (nSPS) is 25.9.